The zero-order chi connectivity index (χ0) is 13.8. The van der Waals surface area contributed by atoms with E-state index in [4.69, 9.17) is 9.52 Å². The lowest BCUT2D eigenvalue weighted by atomic mass is 10.2. The molecule has 0 atom stereocenters. The standard InChI is InChI=1S/C13H17N3O3/c1-9-6-15-16(8-9)4-3-14-7-11-5-12(13(17)18)10(2)19-11/h5-6,8,14H,3-4,7H2,1-2H3,(H,17,18). The molecule has 102 valence electrons. The van der Waals surface area contributed by atoms with Gasteiger partial charge in [0.2, 0.25) is 0 Å². The Morgan fingerprint density at radius 1 is 1.53 bits per heavy atom. The molecule has 6 nitrogen and oxygen atoms in total. The molecule has 2 N–H and O–H groups in total. The Bertz CT molecular complexity index is 571. The number of carboxylic acid groups (broad SMARTS) is 1. The lowest BCUT2D eigenvalue weighted by Gasteiger charge is -2.02. The molecule has 19 heavy (non-hydrogen) atoms. The second kappa shape index (κ2) is 5.71. The summed E-state index contributed by atoms with van der Waals surface area (Å²) in [6.45, 7) is 5.66. The molecule has 2 aromatic rings. The average molecular weight is 263 g/mol. The Hall–Kier alpha value is -2.08. The molecule has 0 aromatic carbocycles. The first-order valence-corrected chi connectivity index (χ1v) is 6.08. The van der Waals surface area contributed by atoms with E-state index in [-0.39, 0.29) is 5.56 Å². The number of hydrogen-bond donors (Lipinski definition) is 2. The highest BCUT2D eigenvalue weighted by Gasteiger charge is 2.12. The summed E-state index contributed by atoms with van der Waals surface area (Å²) in [6.07, 6.45) is 3.79. The van der Waals surface area contributed by atoms with Gasteiger partial charge in [0, 0.05) is 12.7 Å². The highest BCUT2D eigenvalue weighted by molar-refractivity contribution is 5.88. The minimum atomic E-state index is -0.959. The normalized spacial score (nSPS) is 10.8. The van der Waals surface area contributed by atoms with Gasteiger partial charge in [-0.25, -0.2) is 4.79 Å². The summed E-state index contributed by atoms with van der Waals surface area (Å²) in [4.78, 5) is 10.9. The molecule has 2 aromatic heterocycles. The van der Waals surface area contributed by atoms with Crippen molar-refractivity contribution >= 4 is 5.97 Å². The quantitative estimate of drug-likeness (QED) is 0.773. The number of rotatable bonds is 6. The highest BCUT2D eigenvalue weighted by atomic mass is 16.4. The van der Waals surface area contributed by atoms with Crippen LogP contribution in [-0.2, 0) is 13.1 Å². The predicted molar refractivity (Wildman–Crippen MR) is 69.1 cm³/mol. The molecule has 0 amide bonds. The Morgan fingerprint density at radius 2 is 2.32 bits per heavy atom. The Labute approximate surface area is 111 Å². The Kier molecular flexibility index (Phi) is 4.01. The van der Waals surface area contributed by atoms with Crippen LogP contribution < -0.4 is 5.32 Å². The molecule has 0 spiro atoms. The lowest BCUT2D eigenvalue weighted by molar-refractivity contribution is 0.0695. The van der Waals surface area contributed by atoms with E-state index in [9.17, 15) is 4.79 Å². The third-order valence-corrected chi connectivity index (χ3v) is 2.78. The number of nitrogens with one attached hydrogen (secondary N) is 1. The first-order valence-electron chi connectivity index (χ1n) is 6.08. The number of aromatic carboxylic acids is 1. The van der Waals surface area contributed by atoms with Gasteiger partial charge < -0.3 is 14.8 Å². The van der Waals surface area contributed by atoms with Crippen LogP contribution in [0.4, 0.5) is 0 Å². The number of furan rings is 1. The van der Waals surface area contributed by atoms with Crippen molar-refractivity contribution in [2.45, 2.75) is 26.9 Å². The van der Waals surface area contributed by atoms with E-state index in [0.717, 1.165) is 18.7 Å². The molecule has 6 heteroatoms. The van der Waals surface area contributed by atoms with Crippen LogP contribution in [0, 0.1) is 13.8 Å². The average Bonchev–Trinajstić information content (AvgIpc) is 2.91. The van der Waals surface area contributed by atoms with Crippen LogP contribution in [0.2, 0.25) is 0 Å². The molecule has 0 aliphatic rings. The summed E-state index contributed by atoms with van der Waals surface area (Å²) in [7, 11) is 0. The number of nitrogens with zero attached hydrogens (tertiary/aromatic N) is 2. The fourth-order valence-corrected chi connectivity index (χ4v) is 1.84. The van der Waals surface area contributed by atoms with Crippen LogP contribution in [0.25, 0.3) is 0 Å². The van der Waals surface area contributed by atoms with Gasteiger partial charge in [-0.05, 0) is 25.5 Å². The van der Waals surface area contributed by atoms with Gasteiger partial charge in [0.1, 0.15) is 17.1 Å². The van der Waals surface area contributed by atoms with Crippen molar-refractivity contribution in [3.8, 4) is 0 Å². The van der Waals surface area contributed by atoms with E-state index in [0.29, 0.717) is 18.1 Å². The fraction of sp³-hybridized carbons (Fsp3) is 0.385. The molecular weight excluding hydrogens is 246 g/mol. The first kappa shape index (κ1) is 13.4. The number of aryl methyl sites for hydroxylation is 2. The van der Waals surface area contributed by atoms with E-state index in [1.54, 1.807) is 13.0 Å². The van der Waals surface area contributed by atoms with E-state index < -0.39 is 5.97 Å². The van der Waals surface area contributed by atoms with Crippen molar-refractivity contribution in [3.05, 3.63) is 41.1 Å². The largest absolute Gasteiger partial charge is 0.478 e. The summed E-state index contributed by atoms with van der Waals surface area (Å²) in [6, 6.07) is 1.56. The summed E-state index contributed by atoms with van der Waals surface area (Å²) in [5.41, 5.74) is 1.35. The monoisotopic (exact) mass is 263 g/mol. The molecule has 0 saturated carbocycles. The summed E-state index contributed by atoms with van der Waals surface area (Å²) in [5, 5.41) is 16.3. The number of aromatic nitrogens is 2. The van der Waals surface area contributed by atoms with Crippen LogP contribution >= 0.6 is 0 Å². The molecule has 0 fully saturated rings. The Morgan fingerprint density at radius 3 is 2.89 bits per heavy atom. The van der Waals surface area contributed by atoms with Gasteiger partial charge in [0.25, 0.3) is 0 Å². The molecule has 2 heterocycles. The van der Waals surface area contributed by atoms with Crippen molar-refractivity contribution in [2.75, 3.05) is 6.54 Å². The molecule has 2 rings (SSSR count). The van der Waals surface area contributed by atoms with E-state index in [1.807, 2.05) is 24.0 Å². The zero-order valence-electron chi connectivity index (χ0n) is 11.0. The van der Waals surface area contributed by atoms with Crippen LogP contribution in [0.1, 0.15) is 27.4 Å². The van der Waals surface area contributed by atoms with Gasteiger partial charge in [0.15, 0.2) is 0 Å². The third-order valence-electron chi connectivity index (χ3n) is 2.78. The molecule has 0 aliphatic heterocycles. The fourth-order valence-electron chi connectivity index (χ4n) is 1.84. The van der Waals surface area contributed by atoms with Crippen molar-refractivity contribution < 1.29 is 14.3 Å². The zero-order valence-corrected chi connectivity index (χ0v) is 11.0. The van der Waals surface area contributed by atoms with Gasteiger partial charge in [-0.1, -0.05) is 0 Å². The minimum absolute atomic E-state index is 0.222. The first-order chi connectivity index (χ1) is 9.06. The van der Waals surface area contributed by atoms with Gasteiger partial charge in [-0.3, -0.25) is 4.68 Å². The van der Waals surface area contributed by atoms with Crippen molar-refractivity contribution in [1.29, 1.82) is 0 Å². The maximum Gasteiger partial charge on any atom is 0.339 e. The number of carboxylic acids is 1. The second-order valence-corrected chi connectivity index (χ2v) is 4.45. The van der Waals surface area contributed by atoms with Crippen molar-refractivity contribution in [3.63, 3.8) is 0 Å². The second-order valence-electron chi connectivity index (χ2n) is 4.45. The van der Waals surface area contributed by atoms with Crippen molar-refractivity contribution in [2.24, 2.45) is 0 Å². The molecule has 0 unspecified atom stereocenters. The van der Waals surface area contributed by atoms with Crippen LogP contribution in [0.15, 0.2) is 22.9 Å². The van der Waals surface area contributed by atoms with E-state index in [2.05, 4.69) is 10.4 Å². The maximum atomic E-state index is 10.9. The molecular formula is C13H17N3O3. The number of hydrogen-bond acceptors (Lipinski definition) is 4. The SMILES string of the molecule is Cc1cnn(CCNCc2cc(C(=O)O)c(C)o2)c1. The van der Waals surface area contributed by atoms with Crippen LogP contribution in [0.3, 0.4) is 0 Å². The molecule has 0 aliphatic carbocycles. The number of carbonyl (C=O) groups is 1. The summed E-state index contributed by atoms with van der Waals surface area (Å²) in [5.74, 6) is 0.109. The van der Waals surface area contributed by atoms with Gasteiger partial charge >= 0.3 is 5.97 Å². The highest BCUT2D eigenvalue weighted by Crippen LogP contribution is 2.14. The van der Waals surface area contributed by atoms with Crippen molar-refractivity contribution in [1.82, 2.24) is 15.1 Å². The van der Waals surface area contributed by atoms with Gasteiger partial charge in [-0.15, -0.1) is 0 Å². The predicted octanol–water partition coefficient (Wildman–Crippen LogP) is 1.58. The molecule has 0 bridgehead atoms. The molecule has 0 saturated heterocycles. The summed E-state index contributed by atoms with van der Waals surface area (Å²) >= 11 is 0. The third kappa shape index (κ3) is 3.45. The summed E-state index contributed by atoms with van der Waals surface area (Å²) < 4.78 is 7.23. The topological polar surface area (TPSA) is 80.3 Å². The van der Waals surface area contributed by atoms with E-state index >= 15 is 0 Å². The van der Waals surface area contributed by atoms with Crippen LogP contribution in [-0.4, -0.2) is 27.4 Å². The van der Waals surface area contributed by atoms with Gasteiger partial charge in [0.05, 0.1) is 19.3 Å². The van der Waals surface area contributed by atoms with Gasteiger partial charge in [-0.2, -0.15) is 5.10 Å². The molecule has 0 radical (unpaired) electrons. The van der Waals surface area contributed by atoms with Crippen LogP contribution in [0.5, 0.6) is 0 Å². The Balaban J connectivity index is 1.79. The lowest BCUT2D eigenvalue weighted by Crippen LogP contribution is -2.19. The minimum Gasteiger partial charge on any atom is -0.478 e. The smallest absolute Gasteiger partial charge is 0.339 e. The maximum absolute atomic E-state index is 10.9. The van der Waals surface area contributed by atoms with E-state index in [1.165, 1.54) is 0 Å².